The number of carbonyl (C=O) groups is 1. The van der Waals surface area contributed by atoms with Crippen molar-refractivity contribution < 1.29 is 4.79 Å². The molecule has 12 heavy (non-hydrogen) atoms. The van der Waals surface area contributed by atoms with Crippen LogP contribution >= 0.6 is 0 Å². The van der Waals surface area contributed by atoms with Crippen LogP contribution in [0.25, 0.3) is 0 Å². The normalized spacial score (nSPS) is 11.5. The summed E-state index contributed by atoms with van der Waals surface area (Å²) >= 11 is 0. The lowest BCUT2D eigenvalue weighted by molar-refractivity contribution is -0.117. The second kappa shape index (κ2) is 8.25. The molecule has 0 aliphatic rings. The molecule has 0 aromatic rings. The second-order valence-electron chi connectivity index (χ2n) is 2.87. The fourth-order valence-electron chi connectivity index (χ4n) is 0.898. The van der Waals surface area contributed by atoms with Gasteiger partial charge < -0.3 is 4.79 Å². The van der Waals surface area contributed by atoms with Crippen molar-refractivity contribution >= 4 is 5.78 Å². The maximum Gasteiger partial charge on any atom is 0.129 e. The number of carbonyl (C=O) groups excluding carboxylic acids is 1. The topological polar surface area (TPSA) is 17.1 Å². The summed E-state index contributed by atoms with van der Waals surface area (Å²) in [5, 5.41) is 0. The van der Waals surface area contributed by atoms with Gasteiger partial charge in [-0.25, -0.2) is 0 Å². The van der Waals surface area contributed by atoms with Gasteiger partial charge in [0.05, 0.1) is 0 Å². The van der Waals surface area contributed by atoms with E-state index < -0.39 is 0 Å². The van der Waals surface area contributed by atoms with Crippen LogP contribution in [-0.2, 0) is 4.79 Å². The molecule has 0 aliphatic heterocycles. The van der Waals surface area contributed by atoms with Crippen LogP contribution in [0.5, 0.6) is 0 Å². The van der Waals surface area contributed by atoms with Crippen molar-refractivity contribution in [2.45, 2.75) is 39.5 Å². The van der Waals surface area contributed by atoms with E-state index in [1.54, 1.807) is 6.92 Å². The number of hydrogen-bond acceptors (Lipinski definition) is 1. The maximum atomic E-state index is 10.5. The van der Waals surface area contributed by atoms with Crippen molar-refractivity contribution in [3.05, 3.63) is 24.3 Å². The molecule has 0 amide bonds. The minimum atomic E-state index is 0.289. The largest absolute Gasteiger partial charge is 0.300 e. The Morgan fingerprint density at radius 3 is 2.58 bits per heavy atom. The summed E-state index contributed by atoms with van der Waals surface area (Å²) in [5.41, 5.74) is 0. The Morgan fingerprint density at radius 1 is 1.25 bits per heavy atom. The molecule has 0 saturated carbocycles. The fourth-order valence-corrected chi connectivity index (χ4v) is 0.898. The van der Waals surface area contributed by atoms with Crippen LogP contribution in [0.2, 0.25) is 0 Å². The van der Waals surface area contributed by atoms with E-state index in [1.807, 2.05) is 13.0 Å². The Hall–Kier alpha value is -0.850. The van der Waals surface area contributed by atoms with Crippen LogP contribution in [0.1, 0.15) is 39.5 Å². The van der Waals surface area contributed by atoms with E-state index in [0.717, 1.165) is 19.3 Å². The van der Waals surface area contributed by atoms with Gasteiger partial charge in [-0.2, -0.15) is 0 Å². The summed E-state index contributed by atoms with van der Waals surface area (Å²) in [6.45, 7) is 3.66. The number of ketones is 1. The second-order valence-corrected chi connectivity index (χ2v) is 2.87. The van der Waals surface area contributed by atoms with Crippen molar-refractivity contribution in [3.8, 4) is 0 Å². The molecule has 0 atom stereocenters. The molecule has 0 aromatic carbocycles. The highest BCUT2D eigenvalue weighted by Gasteiger charge is 1.89. The van der Waals surface area contributed by atoms with E-state index in [0.29, 0.717) is 6.42 Å². The summed E-state index contributed by atoms with van der Waals surface area (Å²) < 4.78 is 0. The molecule has 0 aromatic heterocycles. The third-order valence-electron chi connectivity index (χ3n) is 1.57. The van der Waals surface area contributed by atoms with Crippen molar-refractivity contribution in [3.63, 3.8) is 0 Å². The Kier molecular flexibility index (Phi) is 7.66. The van der Waals surface area contributed by atoms with Gasteiger partial charge in [0, 0.05) is 6.42 Å². The Labute approximate surface area is 75.2 Å². The molecule has 0 heterocycles. The van der Waals surface area contributed by atoms with Crippen LogP contribution in [-0.4, -0.2) is 5.78 Å². The lowest BCUT2D eigenvalue weighted by atomic mass is 10.2. The Balaban J connectivity index is 3.19. The lowest BCUT2D eigenvalue weighted by Crippen LogP contribution is -1.87. The van der Waals surface area contributed by atoms with E-state index in [1.165, 1.54) is 0 Å². The first kappa shape index (κ1) is 11.2. The van der Waals surface area contributed by atoms with Crippen molar-refractivity contribution in [2.75, 3.05) is 0 Å². The molecule has 68 valence electrons. The minimum absolute atomic E-state index is 0.289. The van der Waals surface area contributed by atoms with Crippen LogP contribution in [0.3, 0.4) is 0 Å². The number of allylic oxidation sites excluding steroid dienone is 4. The van der Waals surface area contributed by atoms with E-state index in [9.17, 15) is 4.79 Å². The summed E-state index contributed by atoms with van der Waals surface area (Å²) in [6, 6.07) is 0. The number of unbranched alkanes of at least 4 members (excludes halogenated alkanes) is 1. The molecule has 0 fully saturated rings. The predicted octanol–water partition coefficient (Wildman–Crippen LogP) is 3.27. The zero-order valence-corrected chi connectivity index (χ0v) is 8.05. The van der Waals surface area contributed by atoms with Crippen molar-refractivity contribution in [1.82, 2.24) is 0 Å². The molecule has 0 spiro atoms. The lowest BCUT2D eigenvalue weighted by Gasteiger charge is -1.90. The van der Waals surface area contributed by atoms with E-state index >= 15 is 0 Å². The monoisotopic (exact) mass is 166 g/mol. The molecule has 0 saturated heterocycles. The first-order chi connectivity index (χ1) is 5.77. The highest BCUT2D eigenvalue weighted by molar-refractivity contribution is 5.75. The number of Topliss-reactive ketones (excluding diaryl/α,β-unsaturated/α-hetero) is 1. The summed E-state index contributed by atoms with van der Waals surface area (Å²) in [5.74, 6) is 0.289. The molecule has 1 heteroatoms. The van der Waals surface area contributed by atoms with Gasteiger partial charge in [-0.3, -0.25) is 0 Å². The van der Waals surface area contributed by atoms with Gasteiger partial charge in [-0.15, -0.1) is 0 Å². The molecule has 1 nitrogen and oxygen atoms in total. The Bertz CT molecular complexity index is 166. The molecule has 0 bridgehead atoms. The average Bonchev–Trinajstić information content (AvgIpc) is 2.02. The molecule has 0 unspecified atom stereocenters. The van der Waals surface area contributed by atoms with E-state index in [2.05, 4.69) is 18.2 Å². The molecule has 0 N–H and O–H groups in total. The van der Waals surface area contributed by atoms with Crippen molar-refractivity contribution in [1.29, 1.82) is 0 Å². The van der Waals surface area contributed by atoms with Crippen molar-refractivity contribution in [2.24, 2.45) is 0 Å². The van der Waals surface area contributed by atoms with Gasteiger partial charge in [0.2, 0.25) is 0 Å². The van der Waals surface area contributed by atoms with Gasteiger partial charge in [0.25, 0.3) is 0 Å². The third kappa shape index (κ3) is 9.15. The van der Waals surface area contributed by atoms with Gasteiger partial charge in [-0.05, 0) is 33.1 Å². The van der Waals surface area contributed by atoms with E-state index in [-0.39, 0.29) is 5.78 Å². The van der Waals surface area contributed by atoms with Gasteiger partial charge >= 0.3 is 0 Å². The third-order valence-corrected chi connectivity index (χ3v) is 1.57. The number of rotatable bonds is 6. The highest BCUT2D eigenvalue weighted by atomic mass is 16.1. The zero-order chi connectivity index (χ0) is 9.23. The fraction of sp³-hybridized carbons (Fsp3) is 0.545. The summed E-state index contributed by atoms with van der Waals surface area (Å²) in [6.07, 6.45) is 12.2. The van der Waals surface area contributed by atoms with Crippen LogP contribution < -0.4 is 0 Å². The SMILES string of the molecule is C/C=C\C/C=C\CCCC(C)=O. The molecular weight excluding hydrogens is 148 g/mol. The standard InChI is InChI=1S/C11H18O/c1-3-4-5-6-7-8-9-10-11(2)12/h3-4,6-7H,5,8-10H2,1-2H3/b4-3-,7-6-. The van der Waals surface area contributed by atoms with Gasteiger partial charge in [0.1, 0.15) is 5.78 Å². The molecule has 0 radical (unpaired) electrons. The maximum absolute atomic E-state index is 10.5. The predicted molar refractivity (Wildman–Crippen MR) is 53.1 cm³/mol. The Morgan fingerprint density at radius 2 is 2.00 bits per heavy atom. The molecule has 0 rings (SSSR count). The van der Waals surface area contributed by atoms with Crippen LogP contribution in [0.4, 0.5) is 0 Å². The first-order valence-electron chi connectivity index (χ1n) is 4.53. The van der Waals surface area contributed by atoms with E-state index in [4.69, 9.17) is 0 Å². The zero-order valence-electron chi connectivity index (χ0n) is 8.05. The highest BCUT2D eigenvalue weighted by Crippen LogP contribution is 1.98. The smallest absolute Gasteiger partial charge is 0.129 e. The average molecular weight is 166 g/mol. The molecule has 0 aliphatic carbocycles. The summed E-state index contributed by atoms with van der Waals surface area (Å²) in [4.78, 5) is 10.5. The van der Waals surface area contributed by atoms with Gasteiger partial charge in [0.15, 0.2) is 0 Å². The minimum Gasteiger partial charge on any atom is -0.300 e. The number of hydrogen-bond donors (Lipinski definition) is 0. The van der Waals surface area contributed by atoms with Crippen LogP contribution in [0, 0.1) is 0 Å². The van der Waals surface area contributed by atoms with Crippen LogP contribution in [0.15, 0.2) is 24.3 Å². The van der Waals surface area contributed by atoms with Gasteiger partial charge in [-0.1, -0.05) is 24.3 Å². The molecular formula is C11H18O. The summed E-state index contributed by atoms with van der Waals surface area (Å²) in [7, 11) is 0. The quantitative estimate of drug-likeness (QED) is 0.437. The first-order valence-corrected chi connectivity index (χ1v) is 4.53.